The molecule has 3 amide bonds. The Morgan fingerprint density at radius 1 is 1.08 bits per heavy atom. The second-order valence-corrected chi connectivity index (χ2v) is 6.39. The van der Waals surface area contributed by atoms with Crippen LogP contribution in [0.25, 0.3) is 0 Å². The first kappa shape index (κ1) is 16.6. The van der Waals surface area contributed by atoms with Crippen LogP contribution in [0.15, 0.2) is 42.5 Å². The van der Waals surface area contributed by atoms with Crippen LogP contribution in [-0.4, -0.2) is 22.9 Å². The summed E-state index contributed by atoms with van der Waals surface area (Å²) in [6.45, 7) is 0.316. The Balaban J connectivity index is 1.84. The number of nitrogens with one attached hydrogen (secondary N) is 1. The van der Waals surface area contributed by atoms with Crippen LogP contribution in [0.1, 0.15) is 11.1 Å². The molecule has 0 radical (unpaired) electrons. The Morgan fingerprint density at radius 2 is 1.79 bits per heavy atom. The summed E-state index contributed by atoms with van der Waals surface area (Å²) in [5.41, 5.74) is 8.01. The zero-order chi connectivity index (χ0) is 17.3. The topological polar surface area (TPSA) is 75.4 Å². The third-order valence-electron chi connectivity index (χ3n) is 4.01. The Kier molecular flexibility index (Phi) is 4.64. The van der Waals surface area contributed by atoms with Gasteiger partial charge in [0.15, 0.2) is 0 Å². The Hall–Kier alpha value is -2.24. The smallest absolute Gasteiger partial charge is 0.322 e. The van der Waals surface area contributed by atoms with Gasteiger partial charge in [-0.25, -0.2) is 4.79 Å². The highest BCUT2D eigenvalue weighted by Crippen LogP contribution is 2.27. The summed E-state index contributed by atoms with van der Waals surface area (Å²) >= 11 is 11.8. The van der Waals surface area contributed by atoms with Gasteiger partial charge in [0.05, 0.1) is 10.0 Å². The normalized spacial score (nSPS) is 16.4. The summed E-state index contributed by atoms with van der Waals surface area (Å²) in [6, 6.07) is 11.4. The lowest BCUT2D eigenvalue weighted by Gasteiger charge is -2.35. The van der Waals surface area contributed by atoms with Crippen LogP contribution in [0.5, 0.6) is 0 Å². The van der Waals surface area contributed by atoms with E-state index < -0.39 is 18.0 Å². The van der Waals surface area contributed by atoms with Gasteiger partial charge in [-0.3, -0.25) is 4.79 Å². The van der Waals surface area contributed by atoms with Crippen LogP contribution in [0, 0.1) is 0 Å². The van der Waals surface area contributed by atoms with E-state index in [0.717, 1.165) is 11.1 Å². The van der Waals surface area contributed by atoms with Gasteiger partial charge in [-0.1, -0.05) is 47.5 Å². The summed E-state index contributed by atoms with van der Waals surface area (Å²) < 4.78 is 0. The van der Waals surface area contributed by atoms with Crippen molar-refractivity contribution in [1.29, 1.82) is 0 Å². The second-order valence-electron chi connectivity index (χ2n) is 5.58. The van der Waals surface area contributed by atoms with Crippen molar-refractivity contribution in [3.8, 4) is 0 Å². The summed E-state index contributed by atoms with van der Waals surface area (Å²) in [6.07, 6.45) is 0.403. The first-order chi connectivity index (χ1) is 11.5. The minimum atomic E-state index is -0.692. The number of urea groups is 1. The molecule has 3 rings (SSSR count). The predicted molar refractivity (Wildman–Crippen MR) is 94.2 cm³/mol. The van der Waals surface area contributed by atoms with Crippen LogP contribution < -0.4 is 11.1 Å². The van der Waals surface area contributed by atoms with Crippen molar-refractivity contribution < 1.29 is 9.59 Å². The molecule has 2 aromatic rings. The minimum Gasteiger partial charge on any atom is -0.368 e. The molecule has 1 aliphatic rings. The van der Waals surface area contributed by atoms with E-state index in [1.165, 1.54) is 4.90 Å². The minimum absolute atomic E-state index is 0.316. The van der Waals surface area contributed by atoms with E-state index in [1.807, 2.05) is 24.3 Å². The van der Waals surface area contributed by atoms with Crippen LogP contribution in [0.2, 0.25) is 10.0 Å². The van der Waals surface area contributed by atoms with E-state index in [0.29, 0.717) is 28.7 Å². The molecule has 2 aromatic carbocycles. The molecule has 1 atom stereocenters. The lowest BCUT2D eigenvalue weighted by molar-refractivity contribution is -0.122. The quantitative estimate of drug-likeness (QED) is 0.857. The number of primary amides is 1. The average molecular weight is 364 g/mol. The number of amides is 3. The number of hydrogen-bond acceptors (Lipinski definition) is 2. The van der Waals surface area contributed by atoms with Crippen molar-refractivity contribution in [1.82, 2.24) is 4.90 Å². The maximum Gasteiger partial charge on any atom is 0.322 e. The molecule has 1 aliphatic heterocycles. The second kappa shape index (κ2) is 6.71. The van der Waals surface area contributed by atoms with Crippen molar-refractivity contribution in [2.45, 2.75) is 19.0 Å². The van der Waals surface area contributed by atoms with Crippen LogP contribution >= 0.6 is 23.2 Å². The Bertz CT molecular complexity index is 810. The van der Waals surface area contributed by atoms with E-state index in [1.54, 1.807) is 18.2 Å². The lowest BCUT2D eigenvalue weighted by atomic mass is 9.94. The number of nitrogens with two attached hydrogens (primary N) is 1. The fourth-order valence-electron chi connectivity index (χ4n) is 2.76. The van der Waals surface area contributed by atoms with Crippen molar-refractivity contribution >= 4 is 40.8 Å². The van der Waals surface area contributed by atoms with Gasteiger partial charge in [0.1, 0.15) is 6.04 Å². The van der Waals surface area contributed by atoms with Gasteiger partial charge in [-0.05, 0) is 29.3 Å². The van der Waals surface area contributed by atoms with E-state index in [4.69, 9.17) is 28.9 Å². The van der Waals surface area contributed by atoms with Crippen molar-refractivity contribution in [3.63, 3.8) is 0 Å². The lowest BCUT2D eigenvalue weighted by Crippen LogP contribution is -2.52. The number of rotatable bonds is 2. The number of halogens is 2. The Morgan fingerprint density at radius 3 is 2.46 bits per heavy atom. The molecule has 0 aromatic heterocycles. The largest absolute Gasteiger partial charge is 0.368 e. The molecule has 0 saturated carbocycles. The molecule has 0 saturated heterocycles. The van der Waals surface area contributed by atoms with Gasteiger partial charge >= 0.3 is 6.03 Å². The molecule has 0 fully saturated rings. The van der Waals surface area contributed by atoms with Gasteiger partial charge < -0.3 is 16.0 Å². The molecule has 0 unspecified atom stereocenters. The summed E-state index contributed by atoms with van der Waals surface area (Å²) in [7, 11) is 0. The zero-order valence-corrected chi connectivity index (χ0v) is 14.1. The monoisotopic (exact) mass is 363 g/mol. The molecule has 24 heavy (non-hydrogen) atoms. The van der Waals surface area contributed by atoms with Crippen molar-refractivity contribution in [2.24, 2.45) is 5.73 Å². The number of carbonyl (C=O) groups is 2. The molecule has 1 heterocycles. The number of carbonyl (C=O) groups excluding carboxylic acids is 2. The summed E-state index contributed by atoms with van der Waals surface area (Å²) in [5, 5.41) is 3.47. The molecular formula is C17H15Cl2N3O2. The van der Waals surface area contributed by atoms with E-state index in [-0.39, 0.29) is 0 Å². The third-order valence-corrected chi connectivity index (χ3v) is 4.75. The highest BCUT2D eigenvalue weighted by atomic mass is 35.5. The number of benzene rings is 2. The molecule has 0 aliphatic carbocycles. The fraction of sp³-hybridized carbons (Fsp3) is 0.176. The van der Waals surface area contributed by atoms with Gasteiger partial charge in [0.2, 0.25) is 5.91 Å². The number of fused-ring (bicyclic) bond motifs is 1. The molecule has 0 bridgehead atoms. The van der Waals surface area contributed by atoms with Gasteiger partial charge in [0, 0.05) is 18.7 Å². The third kappa shape index (κ3) is 3.32. The van der Waals surface area contributed by atoms with Crippen LogP contribution in [0.3, 0.4) is 0 Å². The van der Waals surface area contributed by atoms with E-state index in [2.05, 4.69) is 5.32 Å². The van der Waals surface area contributed by atoms with Crippen molar-refractivity contribution in [3.05, 3.63) is 63.6 Å². The Labute approximate surface area is 149 Å². The molecule has 3 N–H and O–H groups in total. The highest BCUT2D eigenvalue weighted by Gasteiger charge is 2.33. The summed E-state index contributed by atoms with van der Waals surface area (Å²) in [4.78, 5) is 25.8. The van der Waals surface area contributed by atoms with Crippen LogP contribution in [0.4, 0.5) is 10.5 Å². The first-order valence-electron chi connectivity index (χ1n) is 7.34. The molecular weight excluding hydrogens is 349 g/mol. The zero-order valence-electron chi connectivity index (χ0n) is 12.6. The van der Waals surface area contributed by atoms with E-state index in [9.17, 15) is 9.59 Å². The number of anilines is 1. The first-order valence-corrected chi connectivity index (χ1v) is 8.10. The summed E-state index contributed by atoms with van der Waals surface area (Å²) in [5.74, 6) is -0.534. The van der Waals surface area contributed by atoms with Crippen LogP contribution in [-0.2, 0) is 17.8 Å². The SMILES string of the molecule is NC(=O)[C@H]1Cc2ccccc2CN1C(=O)Nc1ccc(Cl)c(Cl)c1. The predicted octanol–water partition coefficient (Wildman–Crippen LogP) is 3.44. The molecule has 7 heteroatoms. The van der Waals surface area contributed by atoms with Gasteiger partial charge in [-0.2, -0.15) is 0 Å². The number of nitrogens with zero attached hydrogens (tertiary/aromatic N) is 1. The standard InChI is InChI=1S/C17H15Cl2N3O2/c18-13-6-5-12(8-14(13)19)21-17(24)22-9-11-4-2-1-3-10(11)7-15(22)16(20)23/h1-6,8,15H,7,9H2,(H2,20,23)(H,21,24)/t15-/m1/s1. The fourth-order valence-corrected chi connectivity index (χ4v) is 3.06. The number of hydrogen-bond donors (Lipinski definition) is 2. The maximum atomic E-state index is 12.6. The maximum absolute atomic E-state index is 12.6. The molecule has 0 spiro atoms. The van der Waals surface area contributed by atoms with E-state index >= 15 is 0 Å². The average Bonchev–Trinajstić information content (AvgIpc) is 2.57. The molecule has 124 valence electrons. The van der Waals surface area contributed by atoms with Gasteiger partial charge in [0.25, 0.3) is 0 Å². The highest BCUT2D eigenvalue weighted by molar-refractivity contribution is 6.42. The molecule has 5 nitrogen and oxygen atoms in total. The van der Waals surface area contributed by atoms with Gasteiger partial charge in [-0.15, -0.1) is 0 Å². The van der Waals surface area contributed by atoms with Crippen molar-refractivity contribution in [2.75, 3.05) is 5.32 Å².